The molecule has 2 unspecified atom stereocenters. The van der Waals surface area contributed by atoms with Gasteiger partial charge >= 0.3 is 6.03 Å². The molecule has 0 aliphatic heterocycles. The Morgan fingerprint density at radius 1 is 1.38 bits per heavy atom. The lowest BCUT2D eigenvalue weighted by atomic mass is 10.1. The van der Waals surface area contributed by atoms with Crippen LogP contribution in [-0.4, -0.2) is 32.8 Å². The maximum absolute atomic E-state index is 11.7. The van der Waals surface area contributed by atoms with Crippen LogP contribution in [0, 0.1) is 0 Å². The summed E-state index contributed by atoms with van der Waals surface area (Å²) in [6, 6.07) is -0.346. The summed E-state index contributed by atoms with van der Waals surface area (Å²) in [6.07, 6.45) is 9.05. The molecule has 2 atom stereocenters. The van der Waals surface area contributed by atoms with Gasteiger partial charge in [-0.15, -0.1) is 0 Å². The molecule has 1 heterocycles. The molecule has 88 valence electrons. The zero-order valence-electron chi connectivity index (χ0n) is 9.17. The van der Waals surface area contributed by atoms with E-state index in [1.807, 2.05) is 0 Å². The maximum Gasteiger partial charge on any atom is 0.327 e. The molecule has 2 N–H and O–H groups in total. The Balaban J connectivity index is 1.95. The van der Waals surface area contributed by atoms with Crippen LogP contribution in [0.15, 0.2) is 18.7 Å². The number of amides is 1. The van der Waals surface area contributed by atoms with Crippen molar-refractivity contribution >= 4 is 6.03 Å². The third kappa shape index (κ3) is 2.61. The normalized spacial score (nSPS) is 26.1. The number of aliphatic hydroxyl groups excluding tert-OH is 1. The third-order valence-electron chi connectivity index (χ3n) is 3.03. The number of aromatic nitrogens is 2. The van der Waals surface area contributed by atoms with E-state index < -0.39 is 6.10 Å². The Morgan fingerprint density at radius 2 is 2.19 bits per heavy atom. The zero-order valence-corrected chi connectivity index (χ0v) is 9.17. The minimum absolute atomic E-state index is 0.127. The second-order valence-corrected chi connectivity index (χ2v) is 4.23. The number of carbonyl (C=O) groups is 1. The van der Waals surface area contributed by atoms with Crippen molar-refractivity contribution < 1.29 is 9.90 Å². The van der Waals surface area contributed by atoms with Crippen molar-refractivity contribution in [3.05, 3.63) is 18.7 Å². The zero-order chi connectivity index (χ0) is 11.4. The number of nitrogens with zero attached hydrogens (tertiary/aromatic N) is 2. The molecule has 1 aliphatic carbocycles. The van der Waals surface area contributed by atoms with Gasteiger partial charge in [0.25, 0.3) is 0 Å². The molecular formula is C11H17N3O2. The Morgan fingerprint density at radius 3 is 2.94 bits per heavy atom. The van der Waals surface area contributed by atoms with Crippen molar-refractivity contribution in [2.45, 2.75) is 44.2 Å². The first-order valence-electron chi connectivity index (χ1n) is 5.74. The summed E-state index contributed by atoms with van der Waals surface area (Å²) in [5, 5.41) is 12.7. The molecule has 1 aromatic heterocycles. The number of carbonyl (C=O) groups excluding carboxylic acids is 1. The molecule has 1 aromatic rings. The molecule has 0 spiro atoms. The number of rotatable bonds is 1. The summed E-state index contributed by atoms with van der Waals surface area (Å²) in [7, 11) is 0. The van der Waals surface area contributed by atoms with Gasteiger partial charge in [0.05, 0.1) is 12.1 Å². The molecule has 2 rings (SSSR count). The Kier molecular flexibility index (Phi) is 3.56. The van der Waals surface area contributed by atoms with Crippen LogP contribution in [0.25, 0.3) is 0 Å². The van der Waals surface area contributed by atoms with Gasteiger partial charge in [-0.25, -0.2) is 9.78 Å². The highest BCUT2D eigenvalue weighted by Gasteiger charge is 2.23. The number of imidazole rings is 1. The van der Waals surface area contributed by atoms with Crippen molar-refractivity contribution in [1.82, 2.24) is 14.9 Å². The van der Waals surface area contributed by atoms with E-state index in [2.05, 4.69) is 10.3 Å². The van der Waals surface area contributed by atoms with Gasteiger partial charge in [0.2, 0.25) is 0 Å². The van der Waals surface area contributed by atoms with E-state index in [0.717, 1.165) is 32.1 Å². The van der Waals surface area contributed by atoms with Crippen LogP contribution >= 0.6 is 0 Å². The standard InChI is InChI=1S/C11H17N3O2/c15-10-5-3-1-2-4-9(10)13-11(16)14-7-6-12-8-14/h6-10,15H,1-5H2,(H,13,16). The van der Waals surface area contributed by atoms with E-state index in [9.17, 15) is 9.90 Å². The molecule has 16 heavy (non-hydrogen) atoms. The van der Waals surface area contributed by atoms with Crippen LogP contribution in [0.3, 0.4) is 0 Å². The average Bonchev–Trinajstić information content (AvgIpc) is 2.73. The van der Waals surface area contributed by atoms with Crippen LogP contribution in [0.5, 0.6) is 0 Å². The average molecular weight is 223 g/mol. The molecule has 1 aliphatic rings. The molecule has 1 amide bonds. The Hall–Kier alpha value is -1.36. The van der Waals surface area contributed by atoms with E-state index in [1.54, 1.807) is 12.4 Å². The van der Waals surface area contributed by atoms with Crippen LogP contribution in [0.1, 0.15) is 32.1 Å². The summed E-state index contributed by atoms with van der Waals surface area (Å²) in [5.41, 5.74) is 0. The van der Waals surface area contributed by atoms with Crippen molar-refractivity contribution in [1.29, 1.82) is 0 Å². The van der Waals surface area contributed by atoms with E-state index in [-0.39, 0.29) is 12.1 Å². The quantitative estimate of drug-likeness (QED) is 0.701. The van der Waals surface area contributed by atoms with Crippen LogP contribution in [0.2, 0.25) is 0 Å². The van der Waals surface area contributed by atoms with Gasteiger partial charge in [0.15, 0.2) is 0 Å². The fraction of sp³-hybridized carbons (Fsp3) is 0.636. The minimum Gasteiger partial charge on any atom is -0.391 e. The fourth-order valence-corrected chi connectivity index (χ4v) is 2.07. The van der Waals surface area contributed by atoms with Gasteiger partial charge in [0.1, 0.15) is 6.33 Å². The fourth-order valence-electron chi connectivity index (χ4n) is 2.07. The number of hydrogen-bond donors (Lipinski definition) is 2. The van der Waals surface area contributed by atoms with Gasteiger partial charge < -0.3 is 10.4 Å². The largest absolute Gasteiger partial charge is 0.391 e. The van der Waals surface area contributed by atoms with E-state index in [0.29, 0.717) is 0 Å². The SMILES string of the molecule is O=C(NC1CCCCCC1O)n1ccnc1. The number of aliphatic hydroxyl groups is 1. The van der Waals surface area contributed by atoms with Gasteiger partial charge in [-0.3, -0.25) is 4.57 Å². The van der Waals surface area contributed by atoms with E-state index in [4.69, 9.17) is 0 Å². The van der Waals surface area contributed by atoms with Crippen LogP contribution < -0.4 is 5.32 Å². The number of hydrogen-bond acceptors (Lipinski definition) is 3. The molecular weight excluding hydrogens is 206 g/mol. The topological polar surface area (TPSA) is 67.2 Å². The highest BCUT2D eigenvalue weighted by atomic mass is 16.3. The van der Waals surface area contributed by atoms with Gasteiger partial charge in [0, 0.05) is 12.4 Å². The summed E-state index contributed by atoms with van der Waals surface area (Å²) in [6.45, 7) is 0. The van der Waals surface area contributed by atoms with Crippen LogP contribution in [0.4, 0.5) is 4.79 Å². The molecule has 5 nitrogen and oxygen atoms in total. The molecule has 0 saturated heterocycles. The van der Waals surface area contributed by atoms with Crippen LogP contribution in [-0.2, 0) is 0 Å². The molecule has 0 bridgehead atoms. The van der Waals surface area contributed by atoms with E-state index in [1.165, 1.54) is 10.9 Å². The lowest BCUT2D eigenvalue weighted by molar-refractivity contribution is 0.122. The summed E-state index contributed by atoms with van der Waals surface area (Å²) in [4.78, 5) is 15.5. The van der Waals surface area contributed by atoms with Gasteiger partial charge in [-0.1, -0.05) is 19.3 Å². The molecule has 1 fully saturated rings. The first-order valence-corrected chi connectivity index (χ1v) is 5.74. The van der Waals surface area contributed by atoms with Crippen molar-refractivity contribution in [3.8, 4) is 0 Å². The highest BCUT2D eigenvalue weighted by Crippen LogP contribution is 2.18. The second-order valence-electron chi connectivity index (χ2n) is 4.23. The first-order chi connectivity index (χ1) is 7.77. The predicted octanol–water partition coefficient (Wildman–Crippen LogP) is 1.13. The smallest absolute Gasteiger partial charge is 0.327 e. The lowest BCUT2D eigenvalue weighted by Crippen LogP contribution is -2.44. The van der Waals surface area contributed by atoms with Gasteiger partial charge in [-0.05, 0) is 12.8 Å². The predicted molar refractivity (Wildman–Crippen MR) is 59.0 cm³/mol. The second kappa shape index (κ2) is 5.12. The Bertz CT molecular complexity index is 337. The van der Waals surface area contributed by atoms with E-state index >= 15 is 0 Å². The molecule has 5 heteroatoms. The highest BCUT2D eigenvalue weighted by molar-refractivity contribution is 5.76. The first kappa shape index (κ1) is 11.1. The summed E-state index contributed by atoms with van der Waals surface area (Å²) < 4.78 is 1.39. The Labute approximate surface area is 94.5 Å². The van der Waals surface area contributed by atoms with Crippen molar-refractivity contribution in [3.63, 3.8) is 0 Å². The maximum atomic E-state index is 11.7. The molecule has 0 radical (unpaired) electrons. The van der Waals surface area contributed by atoms with Crippen molar-refractivity contribution in [2.24, 2.45) is 0 Å². The third-order valence-corrected chi connectivity index (χ3v) is 3.03. The summed E-state index contributed by atoms with van der Waals surface area (Å²) in [5.74, 6) is 0. The number of nitrogens with one attached hydrogen (secondary N) is 1. The monoisotopic (exact) mass is 223 g/mol. The minimum atomic E-state index is -0.421. The lowest BCUT2D eigenvalue weighted by Gasteiger charge is -2.21. The van der Waals surface area contributed by atoms with Gasteiger partial charge in [-0.2, -0.15) is 0 Å². The summed E-state index contributed by atoms with van der Waals surface area (Å²) >= 11 is 0. The molecule has 1 saturated carbocycles. The molecule has 0 aromatic carbocycles. The van der Waals surface area contributed by atoms with Crippen molar-refractivity contribution in [2.75, 3.05) is 0 Å².